The molecule has 0 aromatic rings. The van der Waals surface area contributed by atoms with Gasteiger partial charge in [-0.05, 0) is 292 Å². The van der Waals surface area contributed by atoms with Crippen molar-refractivity contribution in [2.24, 2.45) is 76.9 Å². The molecule has 0 radical (unpaired) electrons. The number of rotatable bonds is 20. The molecule has 7 saturated heterocycles. The van der Waals surface area contributed by atoms with Gasteiger partial charge in [0.1, 0.15) is 17.3 Å². The van der Waals surface area contributed by atoms with Crippen LogP contribution in [0.3, 0.4) is 0 Å². The first kappa shape index (κ1) is 92.2. The van der Waals surface area contributed by atoms with Crippen molar-refractivity contribution in [1.82, 2.24) is 29.4 Å². The second-order valence-corrected chi connectivity index (χ2v) is 35.0. The van der Waals surface area contributed by atoms with Crippen molar-refractivity contribution in [3.05, 3.63) is 11.6 Å². The number of nitrogens with zero attached hydrogens (tertiary/aromatic N) is 6. The minimum absolute atomic E-state index is 0.0285. The van der Waals surface area contributed by atoms with Crippen molar-refractivity contribution in [2.75, 3.05) is 79.5 Å². The van der Waals surface area contributed by atoms with Gasteiger partial charge in [0.25, 0.3) is 0 Å². The lowest BCUT2D eigenvalue weighted by Gasteiger charge is -2.49. The molecule has 3 saturated carbocycles. The molecule has 104 heavy (non-hydrogen) atoms. The number of carbonyl (C=O) groups is 8. The molecule has 0 aromatic carbocycles. The number of ketones is 3. The molecule has 5 N–H and O–H groups in total. The van der Waals surface area contributed by atoms with Gasteiger partial charge in [-0.15, -0.1) is 0 Å². The fourth-order valence-electron chi connectivity index (χ4n) is 18.8. The van der Waals surface area contributed by atoms with Crippen LogP contribution in [0.2, 0.25) is 0 Å². The Morgan fingerprint density at radius 3 is 1.15 bits per heavy atom. The maximum Gasteiger partial charge on any atom is 0.307 e. The first-order valence-electron chi connectivity index (χ1n) is 41.6. The molecule has 0 spiro atoms. The number of hydrogen-bond donors (Lipinski definition) is 5. The summed E-state index contributed by atoms with van der Waals surface area (Å²) < 4.78 is 0. The molecule has 10 fully saturated rings. The van der Waals surface area contributed by atoms with E-state index in [-0.39, 0.29) is 51.7 Å². The monoisotopic (exact) mass is 1470 g/mol. The van der Waals surface area contributed by atoms with E-state index in [1.165, 1.54) is 37.7 Å². The normalized spacial score (nSPS) is 30.3. The molecule has 7 heterocycles. The Labute approximate surface area is 631 Å². The van der Waals surface area contributed by atoms with Crippen LogP contribution in [0.5, 0.6) is 0 Å². The van der Waals surface area contributed by atoms with Crippen LogP contribution in [0, 0.1) is 76.9 Å². The number of allylic oxidation sites excluding steroid dienone is 2. The molecule has 7 aliphatic heterocycles. The van der Waals surface area contributed by atoms with Crippen molar-refractivity contribution >= 4 is 47.2 Å². The van der Waals surface area contributed by atoms with Crippen molar-refractivity contribution in [3.63, 3.8) is 0 Å². The molecule has 9 unspecified atom stereocenters. The second-order valence-electron chi connectivity index (χ2n) is 35.0. The van der Waals surface area contributed by atoms with E-state index >= 15 is 0 Å². The molecule has 0 aromatic heterocycles. The van der Waals surface area contributed by atoms with Crippen molar-refractivity contribution in [2.45, 2.75) is 325 Å². The fourth-order valence-corrected chi connectivity index (χ4v) is 18.8. The first-order chi connectivity index (χ1) is 48.9. The third-order valence-corrected chi connectivity index (χ3v) is 28.6. The average Bonchev–Trinajstić information content (AvgIpc) is 1.57. The summed E-state index contributed by atoms with van der Waals surface area (Å²) in [7, 11) is 4.19. The van der Waals surface area contributed by atoms with Crippen LogP contribution in [-0.4, -0.2) is 216 Å². The Morgan fingerprint density at radius 2 is 0.788 bits per heavy atom. The van der Waals surface area contributed by atoms with E-state index in [0.29, 0.717) is 70.9 Å². The second kappa shape index (κ2) is 43.3. The highest BCUT2D eigenvalue weighted by Gasteiger charge is 2.61. The molecule has 19 heteroatoms. The fraction of sp³-hybridized carbons (Fsp3) is 0.882. The van der Waals surface area contributed by atoms with Gasteiger partial charge in [-0.3, -0.25) is 58.0 Å². The molecule has 11 rings (SSSR count). The van der Waals surface area contributed by atoms with Crippen molar-refractivity contribution in [3.8, 4) is 0 Å². The number of carboxylic acids is 5. The summed E-state index contributed by atoms with van der Waals surface area (Å²) in [5.74, 6) is 1.30. The maximum absolute atomic E-state index is 11.3. The topological polar surface area (TPSA) is 257 Å². The molecule has 0 amide bonds. The summed E-state index contributed by atoms with van der Waals surface area (Å²) >= 11 is 0. The van der Waals surface area contributed by atoms with Gasteiger partial charge >= 0.3 is 29.8 Å². The smallest absolute Gasteiger partial charge is 0.307 e. The quantitative estimate of drug-likeness (QED) is 0.0710. The third-order valence-electron chi connectivity index (χ3n) is 28.6. The number of carbonyl (C=O) groups excluding carboxylic acids is 3. The van der Waals surface area contributed by atoms with Crippen molar-refractivity contribution < 1.29 is 63.9 Å². The first-order valence-corrected chi connectivity index (χ1v) is 41.6. The van der Waals surface area contributed by atoms with Crippen LogP contribution in [0.4, 0.5) is 0 Å². The number of hydrogen-bond acceptors (Lipinski definition) is 14. The zero-order valence-electron chi connectivity index (χ0n) is 69.1. The predicted molar refractivity (Wildman–Crippen MR) is 418 cm³/mol. The summed E-state index contributed by atoms with van der Waals surface area (Å²) in [6.45, 7) is 46.8. The molecule has 11 aliphatic rings. The van der Waals surface area contributed by atoms with Crippen LogP contribution in [0.25, 0.3) is 0 Å². The number of fused-ring (bicyclic) bond motifs is 5. The summed E-state index contributed by atoms with van der Waals surface area (Å²) in [4.78, 5) is 102. The summed E-state index contributed by atoms with van der Waals surface area (Å²) in [6, 6.07) is 1.03. The maximum atomic E-state index is 11.3. The van der Waals surface area contributed by atoms with Gasteiger partial charge in [0, 0.05) is 84.7 Å². The zero-order chi connectivity index (χ0) is 78.2. The standard InChI is InChI=1S/2C14H25NO2.C12H21NO2.C12H23NO2.C9H17NO.C9H16O.C8H12O2.C7H13NO/c1-4-14(3,5-2)15-11-6-7-12(15)9-10(8-11)13(16)17;1-4-14(3,5-2)15-8-10-6-7-11(9-15)12(10)13(16)17;1-4-12(3,5-2)13-6-8-9(7-13)10(8)11(14)15;1-4-12(3,5-2)13-8-6-10(7-9-13)11(14)15;1-8(11)9-4-3-6-10(2)7-5-9;1-7-3-5-9(6-4-7)8(2)10;1-6-2-4-7(5-3-6)8(9)10;1-6(9)7-3-4-8(2)5-7/h2*10-12H,4-9H2,1-3H3,(H,16,17);8-10H,4-7H2,1-3H3,(H,14,15);10H,4-9H2,1-3H3,(H,14,15);9H,3-7H2,1-2H3;7,9H,3-6H2,1-2H3;2,7H,3-5H2,1H3,(H,9,10);7H,3-5H2,1-2H3. The van der Waals surface area contributed by atoms with Gasteiger partial charge in [-0.2, -0.15) is 0 Å². The molecule has 19 nitrogen and oxygen atoms in total. The van der Waals surface area contributed by atoms with Crippen LogP contribution < -0.4 is 0 Å². The van der Waals surface area contributed by atoms with Gasteiger partial charge < -0.3 is 35.3 Å². The zero-order valence-corrected chi connectivity index (χ0v) is 69.1. The SMILES string of the molecule is CC(=O)C1CCC(C)CC1.CC(=O)C1CCCN(C)CC1.CC(=O)C1CCN(C)C1.CC1=CCC(C(=O)O)CC1.CCC(C)(CC)N1C2CCC1CC(C(=O)O)C2.CCC(C)(CC)N1CC2C(C1)C2C(=O)O.CCC(C)(CC)N1CC2CCC(C1)C2C(=O)O.CCC(C)(CC)N1CCC(C(=O)O)CC1. The van der Waals surface area contributed by atoms with E-state index in [1.54, 1.807) is 20.8 Å². The third kappa shape index (κ3) is 26.6. The number of likely N-dealkylation sites (tertiary alicyclic amines) is 5. The Morgan fingerprint density at radius 1 is 0.394 bits per heavy atom. The average molecular weight is 1470 g/mol. The van der Waals surface area contributed by atoms with E-state index in [0.717, 1.165) is 213 Å². The highest BCUT2D eigenvalue weighted by molar-refractivity contribution is 5.79. The molecule has 4 aliphatic carbocycles. The van der Waals surface area contributed by atoms with E-state index in [1.807, 2.05) is 6.08 Å². The lowest BCUT2D eigenvalue weighted by Crippen LogP contribution is -2.56. The van der Waals surface area contributed by atoms with Crippen LogP contribution in [0.15, 0.2) is 11.6 Å². The summed E-state index contributed by atoms with van der Waals surface area (Å²) in [6.07, 6.45) is 30.9. The number of Topliss-reactive ketones (excluding diaryl/α,β-unsaturated/α-hetero) is 3. The molecule has 600 valence electrons. The highest BCUT2D eigenvalue weighted by atomic mass is 16.4. The van der Waals surface area contributed by atoms with Crippen LogP contribution in [-0.2, 0) is 38.4 Å². The Hall–Kier alpha value is -4.14. The van der Waals surface area contributed by atoms with E-state index in [4.69, 9.17) is 15.3 Å². The van der Waals surface area contributed by atoms with Gasteiger partial charge in [-0.1, -0.05) is 86.8 Å². The van der Waals surface area contributed by atoms with Crippen molar-refractivity contribution in [1.29, 1.82) is 0 Å². The van der Waals surface area contributed by atoms with E-state index < -0.39 is 29.8 Å². The summed E-state index contributed by atoms with van der Waals surface area (Å²) in [5, 5.41) is 45.0. The Balaban J connectivity index is 0.000000254. The Kier molecular flexibility index (Phi) is 38.4. The molecular weight excluding hydrogens is 1310 g/mol. The Bertz CT molecular complexity index is 2640. The van der Waals surface area contributed by atoms with Crippen LogP contribution in [0.1, 0.15) is 291 Å². The minimum Gasteiger partial charge on any atom is -0.481 e. The van der Waals surface area contributed by atoms with Gasteiger partial charge in [0.05, 0.1) is 29.6 Å². The highest BCUT2D eigenvalue weighted by Crippen LogP contribution is 2.54. The molecule has 4 bridgehead atoms. The number of carboxylic acid groups (broad SMARTS) is 5. The van der Waals surface area contributed by atoms with Crippen LogP contribution >= 0.6 is 0 Å². The number of aliphatic carboxylic acids is 5. The predicted octanol–water partition coefficient (Wildman–Crippen LogP) is 15.7. The number of piperidine rings is 4. The largest absolute Gasteiger partial charge is 0.481 e. The van der Waals surface area contributed by atoms with Gasteiger partial charge in [-0.25, -0.2) is 0 Å². The lowest BCUT2D eigenvalue weighted by molar-refractivity contribution is -0.148. The molecule has 9 atom stereocenters. The van der Waals surface area contributed by atoms with E-state index in [9.17, 15) is 48.6 Å². The lowest BCUT2D eigenvalue weighted by atomic mass is 9.81. The molecular formula is C85H152N6O13. The van der Waals surface area contributed by atoms with Gasteiger partial charge in [0.2, 0.25) is 0 Å². The van der Waals surface area contributed by atoms with Gasteiger partial charge in [0.15, 0.2) is 0 Å². The summed E-state index contributed by atoms with van der Waals surface area (Å²) in [5.41, 5.74) is 2.43. The minimum atomic E-state index is -0.649. The van der Waals surface area contributed by atoms with E-state index in [2.05, 4.69) is 140 Å².